The van der Waals surface area contributed by atoms with E-state index in [1.807, 2.05) is 112 Å². The SMILES string of the molecule is CC1=C(C#N)C(=O)N(CCCOC(C)C)C(=O)/C1=C/c1cn(-c2ccccc2)nc1-c1ccc(OCc2ccccc2)c(C)c1. The Morgan fingerprint density at radius 3 is 2.33 bits per heavy atom. The van der Waals surface area contributed by atoms with Crippen LogP contribution in [0.5, 0.6) is 5.75 Å². The average Bonchev–Trinajstić information content (AvgIpc) is 3.47. The molecule has 5 rings (SSSR count). The van der Waals surface area contributed by atoms with Crippen LogP contribution in [0.3, 0.4) is 0 Å². The Bertz CT molecular complexity index is 1800. The molecule has 1 aliphatic heterocycles. The molecule has 0 spiro atoms. The van der Waals surface area contributed by atoms with Gasteiger partial charge in [0, 0.05) is 36.0 Å². The number of nitriles is 1. The minimum absolute atomic E-state index is 0.0396. The number of hydrogen-bond acceptors (Lipinski definition) is 6. The molecule has 2 amide bonds. The van der Waals surface area contributed by atoms with Crippen molar-refractivity contribution < 1.29 is 19.1 Å². The minimum atomic E-state index is -0.580. The molecule has 8 heteroatoms. The zero-order valence-electron chi connectivity index (χ0n) is 26.0. The van der Waals surface area contributed by atoms with Gasteiger partial charge < -0.3 is 9.47 Å². The quantitative estimate of drug-likeness (QED) is 0.106. The monoisotopic (exact) mass is 600 g/mol. The second-order valence-electron chi connectivity index (χ2n) is 11.2. The summed E-state index contributed by atoms with van der Waals surface area (Å²) in [5.74, 6) is -0.260. The lowest BCUT2D eigenvalue weighted by molar-refractivity contribution is -0.140. The number of nitrogens with zero attached hydrogens (tertiary/aromatic N) is 4. The summed E-state index contributed by atoms with van der Waals surface area (Å²) in [6.45, 7) is 8.49. The summed E-state index contributed by atoms with van der Waals surface area (Å²) in [6, 6.07) is 27.6. The van der Waals surface area contributed by atoms with Gasteiger partial charge in [0.15, 0.2) is 0 Å². The molecule has 1 aromatic heterocycles. The van der Waals surface area contributed by atoms with Gasteiger partial charge >= 0.3 is 0 Å². The second kappa shape index (κ2) is 14.0. The minimum Gasteiger partial charge on any atom is -0.489 e. The number of aryl methyl sites for hydroxylation is 1. The van der Waals surface area contributed by atoms with Crippen LogP contribution < -0.4 is 4.74 Å². The van der Waals surface area contributed by atoms with Gasteiger partial charge in [0.2, 0.25) is 0 Å². The molecule has 0 atom stereocenters. The van der Waals surface area contributed by atoms with Crippen molar-refractivity contribution in [3.8, 4) is 28.8 Å². The molecule has 228 valence electrons. The third-order valence-corrected chi connectivity index (χ3v) is 7.55. The first-order valence-corrected chi connectivity index (χ1v) is 15.0. The van der Waals surface area contributed by atoms with E-state index in [9.17, 15) is 14.9 Å². The second-order valence-corrected chi connectivity index (χ2v) is 11.2. The fourth-order valence-corrected chi connectivity index (χ4v) is 5.15. The Labute approximate surface area is 263 Å². The summed E-state index contributed by atoms with van der Waals surface area (Å²) in [5, 5.41) is 14.8. The molecule has 8 nitrogen and oxygen atoms in total. The maximum absolute atomic E-state index is 13.8. The number of ether oxygens (including phenoxy) is 2. The Morgan fingerprint density at radius 1 is 0.956 bits per heavy atom. The fraction of sp³-hybridized carbons (Fsp3) is 0.243. The molecule has 2 heterocycles. The van der Waals surface area contributed by atoms with Crippen LogP contribution in [-0.2, 0) is 20.9 Å². The average molecular weight is 601 g/mol. The van der Waals surface area contributed by atoms with E-state index in [0.717, 1.165) is 33.0 Å². The van der Waals surface area contributed by atoms with E-state index in [1.54, 1.807) is 17.7 Å². The van der Waals surface area contributed by atoms with Gasteiger partial charge in [-0.3, -0.25) is 14.5 Å². The lowest BCUT2D eigenvalue weighted by Gasteiger charge is -2.27. The van der Waals surface area contributed by atoms with Crippen LogP contribution >= 0.6 is 0 Å². The number of aromatic nitrogens is 2. The van der Waals surface area contributed by atoms with Crippen molar-refractivity contribution in [2.45, 2.75) is 46.8 Å². The van der Waals surface area contributed by atoms with Crippen LogP contribution in [0.25, 0.3) is 23.0 Å². The first-order valence-electron chi connectivity index (χ1n) is 15.0. The molecule has 0 aliphatic carbocycles. The molecule has 45 heavy (non-hydrogen) atoms. The number of benzene rings is 3. The molecule has 4 aromatic rings. The summed E-state index contributed by atoms with van der Waals surface area (Å²) >= 11 is 0. The first kappa shape index (κ1) is 31.2. The molecule has 0 unspecified atom stereocenters. The molecule has 0 N–H and O–H groups in total. The molecule has 1 aliphatic rings. The molecule has 0 fully saturated rings. The van der Waals surface area contributed by atoms with E-state index in [0.29, 0.717) is 36.5 Å². The van der Waals surface area contributed by atoms with Crippen molar-refractivity contribution in [2.75, 3.05) is 13.2 Å². The summed E-state index contributed by atoms with van der Waals surface area (Å²) in [4.78, 5) is 28.0. The number of para-hydroxylation sites is 1. The lowest BCUT2D eigenvalue weighted by atomic mass is 9.93. The first-order chi connectivity index (χ1) is 21.8. The maximum atomic E-state index is 13.8. The van der Waals surface area contributed by atoms with Gasteiger partial charge in [0.25, 0.3) is 11.8 Å². The number of hydrogen-bond donors (Lipinski definition) is 0. The number of imide groups is 1. The highest BCUT2D eigenvalue weighted by atomic mass is 16.5. The van der Waals surface area contributed by atoms with Gasteiger partial charge in [0.05, 0.1) is 17.5 Å². The molecule has 0 saturated heterocycles. The molecule has 3 aromatic carbocycles. The van der Waals surface area contributed by atoms with E-state index in [1.165, 1.54) is 0 Å². The standard InChI is InChI=1S/C37H36N4O4/c1-25(2)44-19-11-18-40-36(42)32(27(4)33(22-38)37(40)43)21-30-23-41(31-14-9-6-10-15-31)39-35(30)29-16-17-34(26(3)20-29)45-24-28-12-7-5-8-13-28/h5-10,12-17,20-21,23,25H,11,18-19,24H2,1-4H3/b32-21+. The van der Waals surface area contributed by atoms with Crippen molar-refractivity contribution in [2.24, 2.45) is 0 Å². The van der Waals surface area contributed by atoms with Crippen LogP contribution in [0.2, 0.25) is 0 Å². The molecule has 0 saturated carbocycles. The summed E-state index contributed by atoms with van der Waals surface area (Å²) in [6.07, 6.45) is 4.10. The van der Waals surface area contributed by atoms with E-state index in [2.05, 4.69) is 0 Å². The fourth-order valence-electron chi connectivity index (χ4n) is 5.15. The number of amides is 2. The predicted octanol–water partition coefficient (Wildman–Crippen LogP) is 6.83. The van der Waals surface area contributed by atoms with Crippen molar-refractivity contribution >= 4 is 17.9 Å². The van der Waals surface area contributed by atoms with Gasteiger partial charge in [-0.1, -0.05) is 48.5 Å². The zero-order chi connectivity index (χ0) is 31.9. The maximum Gasteiger partial charge on any atom is 0.271 e. The largest absolute Gasteiger partial charge is 0.489 e. The third-order valence-electron chi connectivity index (χ3n) is 7.55. The van der Waals surface area contributed by atoms with Gasteiger partial charge in [-0.25, -0.2) is 4.68 Å². The van der Waals surface area contributed by atoms with Crippen LogP contribution in [-0.4, -0.2) is 45.8 Å². The molecular weight excluding hydrogens is 564 g/mol. The van der Waals surface area contributed by atoms with Gasteiger partial charge in [-0.2, -0.15) is 10.4 Å². The van der Waals surface area contributed by atoms with Gasteiger partial charge in [-0.05, 0) is 87.2 Å². The third kappa shape index (κ3) is 7.11. The van der Waals surface area contributed by atoms with Crippen LogP contribution in [0.15, 0.2) is 102 Å². The van der Waals surface area contributed by atoms with Crippen molar-refractivity contribution in [1.82, 2.24) is 14.7 Å². The zero-order valence-corrected chi connectivity index (χ0v) is 26.0. The van der Waals surface area contributed by atoms with Gasteiger partial charge in [-0.15, -0.1) is 0 Å². The van der Waals surface area contributed by atoms with E-state index in [-0.39, 0.29) is 23.8 Å². The summed E-state index contributed by atoms with van der Waals surface area (Å²) in [5.41, 5.74) is 5.62. The molecular formula is C37H36N4O4. The summed E-state index contributed by atoms with van der Waals surface area (Å²) in [7, 11) is 0. The number of carbonyl (C=O) groups excluding carboxylic acids is 2. The van der Waals surface area contributed by atoms with Gasteiger partial charge in [0.1, 0.15) is 24.0 Å². The van der Waals surface area contributed by atoms with Crippen LogP contribution in [0.4, 0.5) is 0 Å². The Kier molecular flexibility index (Phi) is 9.71. The highest BCUT2D eigenvalue weighted by Gasteiger charge is 2.35. The number of carbonyl (C=O) groups is 2. The topological polar surface area (TPSA) is 97.5 Å². The van der Waals surface area contributed by atoms with E-state index in [4.69, 9.17) is 14.6 Å². The Morgan fingerprint density at radius 2 is 1.67 bits per heavy atom. The lowest BCUT2D eigenvalue weighted by Crippen LogP contribution is -2.43. The van der Waals surface area contributed by atoms with Crippen molar-refractivity contribution in [3.63, 3.8) is 0 Å². The Hall–Kier alpha value is -5.26. The van der Waals surface area contributed by atoms with Crippen molar-refractivity contribution in [1.29, 1.82) is 5.26 Å². The summed E-state index contributed by atoms with van der Waals surface area (Å²) < 4.78 is 13.5. The smallest absolute Gasteiger partial charge is 0.271 e. The highest BCUT2D eigenvalue weighted by Crippen LogP contribution is 2.33. The Balaban J connectivity index is 1.53. The van der Waals surface area contributed by atoms with E-state index >= 15 is 0 Å². The van der Waals surface area contributed by atoms with E-state index < -0.39 is 11.8 Å². The molecule has 0 bridgehead atoms. The van der Waals surface area contributed by atoms with Crippen LogP contribution in [0, 0.1) is 18.3 Å². The predicted molar refractivity (Wildman–Crippen MR) is 173 cm³/mol. The number of rotatable bonds is 11. The normalized spacial score (nSPS) is 14.4. The van der Waals surface area contributed by atoms with Crippen LogP contribution in [0.1, 0.15) is 43.9 Å². The molecule has 0 radical (unpaired) electrons. The highest BCUT2D eigenvalue weighted by molar-refractivity contribution is 6.19. The van der Waals surface area contributed by atoms with Crippen molar-refractivity contribution in [3.05, 3.63) is 118 Å².